The minimum Gasteiger partial charge on any atom is -0.488 e. The van der Waals surface area contributed by atoms with Gasteiger partial charge in [0.1, 0.15) is 24.5 Å². The van der Waals surface area contributed by atoms with E-state index in [9.17, 15) is 28.2 Å². The van der Waals surface area contributed by atoms with Gasteiger partial charge in [-0.2, -0.15) is 18.4 Å². The quantitative estimate of drug-likeness (QED) is 0.177. The zero-order chi connectivity index (χ0) is 30.1. The van der Waals surface area contributed by atoms with E-state index in [1.54, 1.807) is 60.7 Å². The first kappa shape index (κ1) is 30.0. The van der Waals surface area contributed by atoms with Crippen LogP contribution < -0.4 is 15.4 Å². The van der Waals surface area contributed by atoms with E-state index in [1.165, 1.54) is 24.5 Å². The number of nitriles is 1. The zero-order valence-corrected chi connectivity index (χ0v) is 22.2. The number of carboxylic acid groups (broad SMARTS) is 1. The molecule has 42 heavy (non-hydrogen) atoms. The molecule has 0 fully saturated rings. The molecule has 0 aliphatic carbocycles. The number of hydrogen-bond donors (Lipinski definition) is 4. The summed E-state index contributed by atoms with van der Waals surface area (Å²) >= 11 is 0. The van der Waals surface area contributed by atoms with Crippen LogP contribution >= 0.6 is 0 Å². The Labute approximate surface area is 240 Å². The zero-order valence-electron chi connectivity index (χ0n) is 22.2. The number of aromatic nitrogens is 1. The number of nitrogens with zero attached hydrogens (tertiary/aromatic N) is 2. The SMILES string of the molecule is N#Cc1cncc(COc2cc(NCc3cccc(-c4ccccc4)c3C(F)(F)F)ccc2CNC(CO)C(=O)O)c1. The average molecular weight is 577 g/mol. The van der Waals surface area contributed by atoms with Crippen molar-refractivity contribution in [2.75, 3.05) is 11.9 Å². The predicted octanol–water partition coefficient (Wildman–Crippen LogP) is 5.37. The van der Waals surface area contributed by atoms with Crippen molar-refractivity contribution in [1.82, 2.24) is 10.3 Å². The summed E-state index contributed by atoms with van der Waals surface area (Å²) in [5.41, 5.74) is 1.84. The molecule has 0 amide bonds. The van der Waals surface area contributed by atoms with Crippen molar-refractivity contribution in [2.24, 2.45) is 0 Å². The van der Waals surface area contributed by atoms with Gasteiger partial charge in [0.05, 0.1) is 17.7 Å². The van der Waals surface area contributed by atoms with E-state index >= 15 is 0 Å². The lowest BCUT2D eigenvalue weighted by molar-refractivity contribution is -0.140. The molecule has 4 aromatic rings. The molecule has 4 N–H and O–H groups in total. The Morgan fingerprint density at radius 3 is 2.48 bits per heavy atom. The van der Waals surface area contributed by atoms with Gasteiger partial charge in [-0.3, -0.25) is 15.1 Å². The third-order valence-corrected chi connectivity index (χ3v) is 6.41. The summed E-state index contributed by atoms with van der Waals surface area (Å²) in [6.45, 7) is -0.701. The highest BCUT2D eigenvalue weighted by molar-refractivity contribution is 5.73. The fraction of sp³-hybridized carbons (Fsp3) is 0.194. The number of hydrogen-bond acceptors (Lipinski definition) is 7. The van der Waals surface area contributed by atoms with E-state index in [1.807, 2.05) is 6.07 Å². The predicted molar refractivity (Wildman–Crippen MR) is 149 cm³/mol. The molecule has 1 heterocycles. The van der Waals surface area contributed by atoms with Crippen molar-refractivity contribution in [3.8, 4) is 22.9 Å². The van der Waals surface area contributed by atoms with Crippen LogP contribution in [-0.2, 0) is 30.7 Å². The number of carboxylic acids is 1. The van der Waals surface area contributed by atoms with Gasteiger partial charge in [-0.05, 0) is 28.8 Å². The molecule has 1 unspecified atom stereocenters. The molecule has 3 aromatic carbocycles. The number of nitrogens with one attached hydrogen (secondary N) is 2. The Morgan fingerprint density at radius 1 is 1.00 bits per heavy atom. The van der Waals surface area contributed by atoms with Crippen molar-refractivity contribution in [2.45, 2.75) is 31.9 Å². The first-order valence-corrected chi connectivity index (χ1v) is 12.8. The van der Waals surface area contributed by atoms with Crippen LogP contribution in [0, 0.1) is 11.3 Å². The van der Waals surface area contributed by atoms with Gasteiger partial charge < -0.3 is 20.3 Å². The van der Waals surface area contributed by atoms with E-state index in [-0.39, 0.29) is 30.8 Å². The van der Waals surface area contributed by atoms with Crippen LogP contribution in [0.4, 0.5) is 18.9 Å². The lowest BCUT2D eigenvalue weighted by atomic mass is 9.95. The molecule has 1 aromatic heterocycles. The van der Waals surface area contributed by atoms with E-state index in [0.29, 0.717) is 33.7 Å². The molecule has 11 heteroatoms. The number of aliphatic hydroxyl groups excluding tert-OH is 1. The summed E-state index contributed by atoms with van der Waals surface area (Å²) in [7, 11) is 0. The van der Waals surface area contributed by atoms with Gasteiger partial charge in [0.2, 0.25) is 0 Å². The number of carbonyl (C=O) groups is 1. The summed E-state index contributed by atoms with van der Waals surface area (Å²) in [5.74, 6) is -0.901. The standard InChI is InChI=1S/C31H27F3N4O4/c32-31(33,34)29-24(7-4-8-26(29)22-5-2-1-3-6-22)17-37-25-10-9-23(16-38-27(18-39)30(40)41)28(12-25)42-19-21-11-20(13-35)14-36-15-21/h1-12,14-15,27,37-39H,16-19H2,(H,40,41). The Hall–Kier alpha value is -4.92. The monoisotopic (exact) mass is 576 g/mol. The van der Waals surface area contributed by atoms with Crippen LogP contribution in [0.3, 0.4) is 0 Å². The molecule has 0 radical (unpaired) electrons. The molecule has 0 aliphatic heterocycles. The molecule has 0 spiro atoms. The van der Waals surface area contributed by atoms with E-state index in [4.69, 9.17) is 10.00 Å². The van der Waals surface area contributed by atoms with Gasteiger partial charge in [-0.25, -0.2) is 0 Å². The van der Waals surface area contributed by atoms with Crippen LogP contribution in [-0.4, -0.2) is 33.8 Å². The number of aliphatic carboxylic acids is 1. The number of rotatable bonds is 12. The molecule has 0 saturated carbocycles. The summed E-state index contributed by atoms with van der Waals surface area (Å²) in [6.07, 6.45) is -1.65. The normalized spacial score (nSPS) is 11.9. The van der Waals surface area contributed by atoms with Crippen molar-refractivity contribution >= 4 is 11.7 Å². The van der Waals surface area contributed by atoms with Crippen LogP contribution in [0.15, 0.2) is 85.2 Å². The second kappa shape index (κ2) is 13.6. The highest BCUT2D eigenvalue weighted by atomic mass is 19.4. The molecule has 216 valence electrons. The molecular weight excluding hydrogens is 549 g/mol. The van der Waals surface area contributed by atoms with Crippen LogP contribution in [0.5, 0.6) is 5.75 Å². The fourth-order valence-corrected chi connectivity index (χ4v) is 4.33. The third kappa shape index (κ3) is 7.63. The maximum Gasteiger partial charge on any atom is 0.417 e. The minimum atomic E-state index is -4.59. The van der Waals surface area contributed by atoms with Crippen LogP contribution in [0.25, 0.3) is 11.1 Å². The second-order valence-corrected chi connectivity index (χ2v) is 9.32. The lowest BCUT2D eigenvalue weighted by Gasteiger charge is -2.19. The van der Waals surface area contributed by atoms with E-state index in [2.05, 4.69) is 15.6 Å². The number of alkyl halides is 3. The molecule has 8 nitrogen and oxygen atoms in total. The molecule has 0 saturated heterocycles. The topological polar surface area (TPSA) is 128 Å². The number of halogens is 3. The van der Waals surface area contributed by atoms with Gasteiger partial charge in [0.15, 0.2) is 0 Å². The smallest absolute Gasteiger partial charge is 0.417 e. The first-order chi connectivity index (χ1) is 20.2. The second-order valence-electron chi connectivity index (χ2n) is 9.32. The minimum absolute atomic E-state index is 0.0265. The maximum absolute atomic E-state index is 14.2. The third-order valence-electron chi connectivity index (χ3n) is 6.41. The number of anilines is 1. The highest BCUT2D eigenvalue weighted by Gasteiger charge is 2.36. The summed E-state index contributed by atoms with van der Waals surface area (Å²) < 4.78 is 48.7. The van der Waals surface area contributed by atoms with E-state index in [0.717, 1.165) is 0 Å². The summed E-state index contributed by atoms with van der Waals surface area (Å²) in [4.78, 5) is 15.3. The highest BCUT2D eigenvalue weighted by Crippen LogP contribution is 2.39. The molecule has 0 aliphatic rings. The number of pyridine rings is 1. The summed E-state index contributed by atoms with van der Waals surface area (Å²) in [6, 6.07) is 20.1. The van der Waals surface area contributed by atoms with Crippen molar-refractivity contribution in [3.05, 3.63) is 113 Å². The van der Waals surface area contributed by atoms with Crippen molar-refractivity contribution in [3.63, 3.8) is 0 Å². The number of ether oxygens (including phenoxy) is 1. The Bertz CT molecular complexity index is 1570. The summed E-state index contributed by atoms with van der Waals surface area (Å²) in [5, 5.41) is 33.5. The maximum atomic E-state index is 14.2. The van der Waals surface area contributed by atoms with Crippen LogP contribution in [0.2, 0.25) is 0 Å². The lowest BCUT2D eigenvalue weighted by Crippen LogP contribution is -2.39. The van der Waals surface area contributed by atoms with Crippen LogP contribution in [0.1, 0.15) is 27.8 Å². The van der Waals surface area contributed by atoms with Crippen molar-refractivity contribution in [1.29, 1.82) is 5.26 Å². The Balaban J connectivity index is 1.60. The number of aliphatic hydroxyl groups is 1. The average Bonchev–Trinajstić information content (AvgIpc) is 2.99. The first-order valence-electron chi connectivity index (χ1n) is 12.8. The van der Waals surface area contributed by atoms with Gasteiger partial charge in [-0.15, -0.1) is 0 Å². The number of benzene rings is 3. The molecule has 4 rings (SSSR count). The van der Waals surface area contributed by atoms with Crippen molar-refractivity contribution < 1.29 is 32.9 Å². The van der Waals surface area contributed by atoms with Gasteiger partial charge >= 0.3 is 12.1 Å². The Morgan fingerprint density at radius 2 is 1.79 bits per heavy atom. The molecule has 0 bridgehead atoms. The largest absolute Gasteiger partial charge is 0.488 e. The van der Waals surface area contributed by atoms with Gasteiger partial charge in [-0.1, -0.05) is 54.6 Å². The molecule has 1 atom stereocenters. The van der Waals surface area contributed by atoms with Gasteiger partial charge in [0, 0.05) is 48.4 Å². The van der Waals surface area contributed by atoms with E-state index < -0.39 is 30.4 Å². The molecular formula is C31H27F3N4O4. The van der Waals surface area contributed by atoms with Gasteiger partial charge in [0.25, 0.3) is 0 Å². The Kier molecular flexibility index (Phi) is 9.75. The fourth-order valence-electron chi connectivity index (χ4n) is 4.33.